The molecule has 0 bridgehead atoms. The Morgan fingerprint density at radius 1 is 1.47 bits per heavy atom. The molecular formula is C13H20N2O3S. The van der Waals surface area contributed by atoms with E-state index in [0.29, 0.717) is 17.9 Å². The van der Waals surface area contributed by atoms with E-state index in [9.17, 15) is 9.59 Å². The van der Waals surface area contributed by atoms with Crippen molar-refractivity contribution in [2.75, 3.05) is 12.0 Å². The number of amides is 1. The van der Waals surface area contributed by atoms with Crippen molar-refractivity contribution in [1.82, 2.24) is 9.88 Å². The second-order valence-corrected chi connectivity index (χ2v) is 5.53. The molecule has 0 aliphatic carbocycles. The fourth-order valence-corrected chi connectivity index (χ4v) is 2.23. The van der Waals surface area contributed by atoms with Gasteiger partial charge in [-0.2, -0.15) is 11.8 Å². The molecule has 1 atom stereocenters. The third kappa shape index (κ3) is 4.31. The molecule has 6 heteroatoms. The van der Waals surface area contributed by atoms with E-state index in [-0.39, 0.29) is 11.9 Å². The molecule has 0 aliphatic heterocycles. The van der Waals surface area contributed by atoms with Gasteiger partial charge < -0.3 is 15.0 Å². The van der Waals surface area contributed by atoms with Crippen LogP contribution < -0.4 is 5.32 Å². The Bertz CT molecular complexity index is 443. The maximum atomic E-state index is 12.1. The molecule has 106 valence electrons. The Morgan fingerprint density at radius 3 is 2.68 bits per heavy atom. The topological polar surface area (TPSA) is 71.3 Å². The van der Waals surface area contributed by atoms with Crippen molar-refractivity contribution in [3.63, 3.8) is 0 Å². The number of hydrogen-bond acceptors (Lipinski definition) is 3. The number of aliphatic carboxylic acids is 1. The van der Waals surface area contributed by atoms with Gasteiger partial charge in [-0.25, -0.2) is 4.79 Å². The predicted molar refractivity (Wildman–Crippen MR) is 76.7 cm³/mol. The number of nitrogens with one attached hydrogen (secondary N) is 1. The van der Waals surface area contributed by atoms with Crippen molar-refractivity contribution < 1.29 is 14.7 Å². The summed E-state index contributed by atoms with van der Waals surface area (Å²) in [5.74, 6) is -0.639. The number of carbonyl (C=O) groups excluding carboxylic acids is 1. The zero-order chi connectivity index (χ0) is 14.4. The van der Waals surface area contributed by atoms with Crippen molar-refractivity contribution >= 4 is 23.6 Å². The first-order chi connectivity index (χ1) is 8.97. The maximum absolute atomic E-state index is 12.1. The fourth-order valence-electron chi connectivity index (χ4n) is 1.76. The van der Waals surface area contributed by atoms with Gasteiger partial charge >= 0.3 is 5.97 Å². The zero-order valence-electron chi connectivity index (χ0n) is 11.4. The van der Waals surface area contributed by atoms with Crippen LogP contribution in [-0.2, 0) is 4.79 Å². The minimum absolute atomic E-state index is 0.158. The van der Waals surface area contributed by atoms with Gasteiger partial charge in [0.1, 0.15) is 11.7 Å². The lowest BCUT2D eigenvalue weighted by atomic mass is 10.2. The fraction of sp³-hybridized carbons (Fsp3) is 0.538. The molecule has 5 nitrogen and oxygen atoms in total. The highest BCUT2D eigenvalue weighted by atomic mass is 32.2. The first-order valence-corrected chi connectivity index (χ1v) is 7.56. The van der Waals surface area contributed by atoms with Gasteiger partial charge in [0.2, 0.25) is 0 Å². The first kappa shape index (κ1) is 15.6. The molecule has 0 aromatic carbocycles. The van der Waals surface area contributed by atoms with Crippen LogP contribution in [-0.4, -0.2) is 39.6 Å². The van der Waals surface area contributed by atoms with Gasteiger partial charge in [-0.1, -0.05) is 0 Å². The number of nitrogens with zero attached hydrogens (tertiary/aromatic N) is 1. The average molecular weight is 284 g/mol. The van der Waals surface area contributed by atoms with Gasteiger partial charge in [-0.15, -0.1) is 0 Å². The Balaban J connectivity index is 2.76. The summed E-state index contributed by atoms with van der Waals surface area (Å²) in [6.45, 7) is 3.94. The molecule has 2 N–H and O–H groups in total. The lowest BCUT2D eigenvalue weighted by Crippen LogP contribution is -2.41. The number of carbonyl (C=O) groups is 2. The van der Waals surface area contributed by atoms with Crippen LogP contribution in [0.4, 0.5) is 0 Å². The molecule has 1 amide bonds. The molecule has 1 heterocycles. The number of carboxylic acids is 1. The molecule has 0 fully saturated rings. The smallest absolute Gasteiger partial charge is 0.326 e. The summed E-state index contributed by atoms with van der Waals surface area (Å²) < 4.78 is 1.82. The summed E-state index contributed by atoms with van der Waals surface area (Å²) in [5, 5.41) is 11.7. The van der Waals surface area contributed by atoms with E-state index in [1.54, 1.807) is 23.9 Å². The lowest BCUT2D eigenvalue weighted by Gasteiger charge is -2.16. The average Bonchev–Trinajstić information content (AvgIpc) is 2.83. The monoisotopic (exact) mass is 284 g/mol. The molecule has 0 unspecified atom stereocenters. The summed E-state index contributed by atoms with van der Waals surface area (Å²) >= 11 is 1.56. The largest absolute Gasteiger partial charge is 0.480 e. The maximum Gasteiger partial charge on any atom is 0.326 e. The van der Waals surface area contributed by atoms with Crippen LogP contribution in [0.5, 0.6) is 0 Å². The number of rotatable bonds is 7. The molecule has 1 aromatic heterocycles. The van der Waals surface area contributed by atoms with Crippen molar-refractivity contribution in [2.45, 2.75) is 32.4 Å². The van der Waals surface area contributed by atoms with E-state index < -0.39 is 12.0 Å². The Kier molecular flexibility index (Phi) is 5.95. The molecule has 0 spiro atoms. The Labute approximate surface area is 117 Å². The van der Waals surface area contributed by atoms with E-state index in [1.165, 1.54) is 0 Å². The van der Waals surface area contributed by atoms with Crippen LogP contribution in [0.15, 0.2) is 18.3 Å². The van der Waals surface area contributed by atoms with Crippen LogP contribution in [0.3, 0.4) is 0 Å². The predicted octanol–water partition coefficient (Wildman–Crippen LogP) is 2.01. The van der Waals surface area contributed by atoms with Crippen molar-refractivity contribution in [1.29, 1.82) is 0 Å². The Morgan fingerprint density at radius 2 is 2.16 bits per heavy atom. The second-order valence-electron chi connectivity index (χ2n) is 4.54. The van der Waals surface area contributed by atoms with Gasteiger partial charge in [0, 0.05) is 12.2 Å². The number of hydrogen-bond donors (Lipinski definition) is 2. The van der Waals surface area contributed by atoms with Crippen molar-refractivity contribution in [3.05, 3.63) is 24.0 Å². The zero-order valence-corrected chi connectivity index (χ0v) is 12.2. The highest BCUT2D eigenvalue weighted by molar-refractivity contribution is 7.98. The lowest BCUT2D eigenvalue weighted by molar-refractivity contribution is -0.139. The molecule has 0 aliphatic rings. The number of carboxylic acid groups (broad SMARTS) is 1. The van der Waals surface area contributed by atoms with Crippen LogP contribution in [0.1, 0.15) is 36.8 Å². The number of thioether (sulfide) groups is 1. The minimum atomic E-state index is -0.995. The Hall–Kier alpha value is -1.43. The third-order valence-electron chi connectivity index (χ3n) is 2.78. The van der Waals surface area contributed by atoms with Crippen LogP contribution >= 0.6 is 11.8 Å². The van der Waals surface area contributed by atoms with Gasteiger partial charge in [0.05, 0.1) is 0 Å². The van der Waals surface area contributed by atoms with E-state index in [0.717, 1.165) is 0 Å². The normalized spacial score (nSPS) is 12.4. The summed E-state index contributed by atoms with van der Waals surface area (Å²) in [5.41, 5.74) is 0.491. The summed E-state index contributed by atoms with van der Waals surface area (Å²) in [4.78, 5) is 23.2. The minimum Gasteiger partial charge on any atom is -0.480 e. The molecule has 0 saturated heterocycles. The van der Waals surface area contributed by atoms with E-state index in [4.69, 9.17) is 5.11 Å². The molecule has 0 saturated carbocycles. The van der Waals surface area contributed by atoms with E-state index in [2.05, 4.69) is 5.32 Å². The van der Waals surface area contributed by atoms with Gasteiger partial charge in [0.15, 0.2) is 0 Å². The van der Waals surface area contributed by atoms with Crippen molar-refractivity contribution in [3.8, 4) is 0 Å². The summed E-state index contributed by atoms with van der Waals surface area (Å²) in [6, 6.07) is 2.80. The molecule has 0 radical (unpaired) electrons. The van der Waals surface area contributed by atoms with E-state index >= 15 is 0 Å². The van der Waals surface area contributed by atoms with E-state index in [1.807, 2.05) is 30.9 Å². The first-order valence-electron chi connectivity index (χ1n) is 6.16. The number of aromatic nitrogens is 1. The summed E-state index contributed by atoms with van der Waals surface area (Å²) in [6.07, 6.45) is 4.15. The standard InChI is InChI=1S/C13H20N2O3S/c1-9(2)15-7-4-5-11(15)12(16)14-10(13(17)18)6-8-19-3/h4-5,7,9-10H,6,8H2,1-3H3,(H,14,16)(H,17,18)/t10-/m1/s1. The molecule has 1 aromatic rings. The molecule has 1 rings (SSSR count). The van der Waals surface area contributed by atoms with Crippen LogP contribution in [0.25, 0.3) is 0 Å². The molecule has 19 heavy (non-hydrogen) atoms. The third-order valence-corrected chi connectivity index (χ3v) is 3.43. The van der Waals surface area contributed by atoms with Gasteiger partial charge in [0.25, 0.3) is 5.91 Å². The van der Waals surface area contributed by atoms with Crippen LogP contribution in [0.2, 0.25) is 0 Å². The highest BCUT2D eigenvalue weighted by Gasteiger charge is 2.22. The quantitative estimate of drug-likeness (QED) is 0.803. The second kappa shape index (κ2) is 7.23. The van der Waals surface area contributed by atoms with Crippen LogP contribution in [0, 0.1) is 0 Å². The van der Waals surface area contributed by atoms with Gasteiger partial charge in [-0.05, 0) is 44.4 Å². The SMILES string of the molecule is CSCC[C@@H](NC(=O)c1cccn1C(C)C)C(=O)O. The summed E-state index contributed by atoms with van der Waals surface area (Å²) in [7, 11) is 0. The van der Waals surface area contributed by atoms with Crippen molar-refractivity contribution in [2.24, 2.45) is 0 Å². The van der Waals surface area contributed by atoms with Gasteiger partial charge in [-0.3, -0.25) is 4.79 Å². The highest BCUT2D eigenvalue weighted by Crippen LogP contribution is 2.11. The molecular weight excluding hydrogens is 264 g/mol.